The quantitative estimate of drug-likeness (QED) is 0.117. The van der Waals surface area contributed by atoms with Gasteiger partial charge in [-0.05, 0) is 76.3 Å². The second-order valence-electron chi connectivity index (χ2n) is 10.0. The van der Waals surface area contributed by atoms with E-state index in [1.807, 2.05) is 27.7 Å². The van der Waals surface area contributed by atoms with Gasteiger partial charge in [0.05, 0.1) is 6.04 Å². The fourth-order valence-corrected chi connectivity index (χ4v) is 3.68. The summed E-state index contributed by atoms with van der Waals surface area (Å²) in [6.45, 7) is 8.72. The number of amides is 4. The molecule has 0 bridgehead atoms. The maximum Gasteiger partial charge on any atom is 0.243 e. The summed E-state index contributed by atoms with van der Waals surface area (Å²) in [6.07, 6.45) is 4.17. The third-order valence-electron chi connectivity index (χ3n) is 5.59. The molecule has 0 heterocycles. The lowest BCUT2D eigenvalue weighted by atomic mass is 9.99. The molecule has 0 saturated heterocycles. The molecule has 0 unspecified atom stereocenters. The molecular weight excluding hydrogens is 450 g/mol. The van der Waals surface area contributed by atoms with E-state index in [1.165, 1.54) is 0 Å². The fourth-order valence-electron chi connectivity index (χ4n) is 3.68. The monoisotopic (exact) mass is 499 g/mol. The average Bonchev–Trinajstić information content (AvgIpc) is 2.76. The smallest absolute Gasteiger partial charge is 0.243 e. The summed E-state index contributed by atoms with van der Waals surface area (Å²) in [5.74, 6) is -1.69. The number of carbonyl (C=O) groups excluding carboxylic acids is 4. The van der Waals surface area contributed by atoms with E-state index in [4.69, 9.17) is 22.9 Å². The Labute approximate surface area is 210 Å². The van der Waals surface area contributed by atoms with Crippen molar-refractivity contribution in [1.82, 2.24) is 16.0 Å². The standard InChI is InChI=1S/C24H49N7O4/c1-15(2)13-17(27)22(33)31-20(14-16(3)4)24(35)30-19(10-6-8-12-26)23(34)29-18(21(28)32)9-5-7-11-25/h15-20H,5-14,25-27H2,1-4H3,(H2,28,32)(H,29,34)(H,30,35)(H,31,33)/t17-,18-,19-,20-/m0/s1. The SMILES string of the molecule is CC(C)C[C@H](NC(=O)[C@@H](N)CC(C)C)C(=O)N[C@@H](CCCCN)C(=O)N[C@@H](CCCCN)C(N)=O. The number of carbonyl (C=O) groups is 4. The van der Waals surface area contributed by atoms with Crippen LogP contribution in [0, 0.1) is 11.8 Å². The molecule has 11 heteroatoms. The van der Waals surface area contributed by atoms with Crippen molar-refractivity contribution in [3.8, 4) is 0 Å². The van der Waals surface area contributed by atoms with Gasteiger partial charge in [0.2, 0.25) is 23.6 Å². The van der Waals surface area contributed by atoms with Crippen molar-refractivity contribution >= 4 is 23.6 Å². The Morgan fingerprint density at radius 3 is 1.51 bits per heavy atom. The molecule has 11 N–H and O–H groups in total. The highest BCUT2D eigenvalue weighted by Crippen LogP contribution is 2.10. The zero-order valence-corrected chi connectivity index (χ0v) is 22.0. The van der Waals surface area contributed by atoms with E-state index in [0.717, 1.165) is 0 Å². The fraction of sp³-hybridized carbons (Fsp3) is 0.833. The van der Waals surface area contributed by atoms with Crippen molar-refractivity contribution < 1.29 is 19.2 Å². The van der Waals surface area contributed by atoms with E-state index in [1.54, 1.807) is 0 Å². The Morgan fingerprint density at radius 1 is 0.629 bits per heavy atom. The van der Waals surface area contributed by atoms with Crippen LogP contribution >= 0.6 is 0 Å². The molecule has 0 fully saturated rings. The molecule has 0 saturated carbocycles. The van der Waals surface area contributed by atoms with Gasteiger partial charge in [-0.1, -0.05) is 27.7 Å². The highest BCUT2D eigenvalue weighted by atomic mass is 16.2. The van der Waals surface area contributed by atoms with Crippen LogP contribution in [0.1, 0.15) is 79.1 Å². The highest BCUT2D eigenvalue weighted by molar-refractivity contribution is 5.94. The Bertz CT molecular complexity index is 658. The lowest BCUT2D eigenvalue weighted by Gasteiger charge is -2.26. The molecule has 0 aliphatic rings. The summed E-state index contributed by atoms with van der Waals surface area (Å²) >= 11 is 0. The number of primary amides is 1. The van der Waals surface area contributed by atoms with Crippen LogP contribution in [0.2, 0.25) is 0 Å². The maximum absolute atomic E-state index is 13.2. The molecule has 0 spiro atoms. The van der Waals surface area contributed by atoms with Crippen molar-refractivity contribution in [2.24, 2.45) is 34.8 Å². The molecule has 35 heavy (non-hydrogen) atoms. The summed E-state index contributed by atoms with van der Waals surface area (Å²) in [5, 5.41) is 8.16. The topological polar surface area (TPSA) is 208 Å². The molecule has 0 aromatic rings. The zero-order chi connectivity index (χ0) is 27.0. The zero-order valence-electron chi connectivity index (χ0n) is 22.0. The van der Waals surface area contributed by atoms with Crippen LogP contribution in [-0.2, 0) is 19.2 Å². The number of nitrogens with one attached hydrogen (secondary N) is 3. The Balaban J connectivity index is 5.47. The molecule has 0 aromatic carbocycles. The molecule has 0 aliphatic carbocycles. The summed E-state index contributed by atoms with van der Waals surface area (Å²) in [6, 6.07) is -3.34. The largest absolute Gasteiger partial charge is 0.368 e. The van der Waals surface area contributed by atoms with Crippen LogP contribution in [0.25, 0.3) is 0 Å². The summed E-state index contributed by atoms with van der Waals surface area (Å²) in [4.78, 5) is 50.6. The van der Waals surface area contributed by atoms with Gasteiger partial charge in [-0.2, -0.15) is 0 Å². The summed E-state index contributed by atoms with van der Waals surface area (Å²) < 4.78 is 0. The molecule has 4 amide bonds. The summed E-state index contributed by atoms with van der Waals surface area (Å²) in [5.41, 5.74) is 22.5. The number of hydrogen-bond donors (Lipinski definition) is 7. The van der Waals surface area contributed by atoms with E-state index in [2.05, 4.69) is 16.0 Å². The van der Waals surface area contributed by atoms with Crippen LogP contribution in [-0.4, -0.2) is 60.9 Å². The van der Waals surface area contributed by atoms with E-state index in [9.17, 15) is 19.2 Å². The normalized spacial score (nSPS) is 14.8. The second kappa shape index (κ2) is 18.1. The third kappa shape index (κ3) is 14.7. The van der Waals surface area contributed by atoms with Gasteiger partial charge < -0.3 is 38.9 Å². The maximum atomic E-state index is 13.2. The van der Waals surface area contributed by atoms with Gasteiger partial charge in [0, 0.05) is 0 Å². The van der Waals surface area contributed by atoms with Crippen molar-refractivity contribution in [2.75, 3.05) is 13.1 Å². The first-order chi connectivity index (χ1) is 16.4. The first-order valence-electron chi connectivity index (χ1n) is 12.8. The number of nitrogens with two attached hydrogens (primary N) is 4. The van der Waals surface area contributed by atoms with Crippen LogP contribution in [0.4, 0.5) is 0 Å². The van der Waals surface area contributed by atoms with Gasteiger partial charge in [-0.15, -0.1) is 0 Å². The molecule has 4 atom stereocenters. The molecule has 0 rings (SSSR count). The highest BCUT2D eigenvalue weighted by Gasteiger charge is 2.30. The van der Waals surface area contributed by atoms with Gasteiger partial charge in [-0.25, -0.2) is 0 Å². The molecule has 0 aliphatic heterocycles. The van der Waals surface area contributed by atoms with Crippen LogP contribution < -0.4 is 38.9 Å². The predicted octanol–water partition coefficient (Wildman–Crippen LogP) is -0.396. The van der Waals surface area contributed by atoms with Gasteiger partial charge >= 0.3 is 0 Å². The number of unbranched alkanes of at least 4 members (excludes halogenated alkanes) is 2. The lowest BCUT2D eigenvalue weighted by molar-refractivity contribution is -0.134. The first kappa shape index (κ1) is 32.8. The Kier molecular flexibility index (Phi) is 16.9. The lowest BCUT2D eigenvalue weighted by Crippen LogP contribution is -2.57. The van der Waals surface area contributed by atoms with Crippen molar-refractivity contribution in [3.05, 3.63) is 0 Å². The van der Waals surface area contributed by atoms with E-state index < -0.39 is 47.8 Å². The van der Waals surface area contributed by atoms with Crippen molar-refractivity contribution in [3.63, 3.8) is 0 Å². The van der Waals surface area contributed by atoms with E-state index in [0.29, 0.717) is 64.5 Å². The van der Waals surface area contributed by atoms with Gasteiger partial charge in [0.15, 0.2) is 0 Å². The second-order valence-corrected chi connectivity index (χ2v) is 10.0. The summed E-state index contributed by atoms with van der Waals surface area (Å²) in [7, 11) is 0. The Hall–Kier alpha value is -2.24. The third-order valence-corrected chi connectivity index (χ3v) is 5.59. The minimum atomic E-state index is -0.902. The van der Waals surface area contributed by atoms with Crippen molar-refractivity contribution in [1.29, 1.82) is 0 Å². The van der Waals surface area contributed by atoms with Crippen LogP contribution in [0.5, 0.6) is 0 Å². The van der Waals surface area contributed by atoms with Crippen molar-refractivity contribution in [2.45, 2.75) is 103 Å². The molecule has 11 nitrogen and oxygen atoms in total. The molecule has 0 radical (unpaired) electrons. The molecule has 204 valence electrons. The number of hydrogen-bond acceptors (Lipinski definition) is 7. The van der Waals surface area contributed by atoms with Gasteiger partial charge in [-0.3, -0.25) is 19.2 Å². The first-order valence-corrected chi connectivity index (χ1v) is 12.8. The number of rotatable bonds is 19. The molecule has 0 aromatic heterocycles. The predicted molar refractivity (Wildman–Crippen MR) is 138 cm³/mol. The minimum Gasteiger partial charge on any atom is -0.368 e. The van der Waals surface area contributed by atoms with Crippen LogP contribution in [0.3, 0.4) is 0 Å². The average molecular weight is 500 g/mol. The van der Waals surface area contributed by atoms with Gasteiger partial charge in [0.1, 0.15) is 18.1 Å². The molecular formula is C24H49N7O4. The van der Waals surface area contributed by atoms with E-state index >= 15 is 0 Å². The Morgan fingerprint density at radius 2 is 1.06 bits per heavy atom. The van der Waals surface area contributed by atoms with Crippen LogP contribution in [0.15, 0.2) is 0 Å². The van der Waals surface area contributed by atoms with E-state index in [-0.39, 0.29) is 11.8 Å². The van der Waals surface area contributed by atoms with Gasteiger partial charge in [0.25, 0.3) is 0 Å². The minimum absolute atomic E-state index is 0.110.